The molecule has 0 bridgehead atoms. The highest BCUT2D eigenvalue weighted by atomic mass is 14.9. The minimum atomic E-state index is 0.751. The van der Waals surface area contributed by atoms with Crippen molar-refractivity contribution in [2.24, 2.45) is 11.8 Å². The third kappa shape index (κ3) is 5.86. The number of hydrogen-bond acceptors (Lipinski definition) is 2. The molecule has 2 heteroatoms. The van der Waals surface area contributed by atoms with Crippen molar-refractivity contribution >= 4 is 0 Å². The third-order valence-corrected chi connectivity index (χ3v) is 3.76. The summed E-state index contributed by atoms with van der Waals surface area (Å²) in [6.07, 6.45) is 7.04. The molecule has 0 radical (unpaired) electrons. The van der Waals surface area contributed by atoms with Gasteiger partial charge in [-0.25, -0.2) is 0 Å². The van der Waals surface area contributed by atoms with Gasteiger partial charge in [-0.3, -0.25) is 0 Å². The lowest BCUT2D eigenvalue weighted by atomic mass is 10.0. The second kappa shape index (κ2) is 8.08. The molecular weight excluding hydrogens is 196 g/mol. The molecule has 2 N–H and O–H groups in total. The van der Waals surface area contributed by atoms with Gasteiger partial charge in [0, 0.05) is 6.04 Å². The fourth-order valence-electron chi connectivity index (χ4n) is 2.52. The second-order valence-corrected chi connectivity index (χ2v) is 5.63. The standard InChI is InChI=1S/C14H30N2/c1-4-15-10-13(3)11-16-14-7-5-6-12(2)8-9-14/h12-16H,4-11H2,1-3H3. The first kappa shape index (κ1) is 14.0. The number of nitrogens with one attached hydrogen (secondary N) is 2. The van der Waals surface area contributed by atoms with E-state index in [1.807, 2.05) is 0 Å². The summed E-state index contributed by atoms with van der Waals surface area (Å²) in [4.78, 5) is 0. The van der Waals surface area contributed by atoms with Crippen LogP contribution in [0, 0.1) is 11.8 Å². The van der Waals surface area contributed by atoms with Crippen molar-refractivity contribution in [3.8, 4) is 0 Å². The van der Waals surface area contributed by atoms with Crippen molar-refractivity contribution in [2.45, 2.75) is 58.9 Å². The highest BCUT2D eigenvalue weighted by Crippen LogP contribution is 2.22. The Morgan fingerprint density at radius 3 is 2.69 bits per heavy atom. The van der Waals surface area contributed by atoms with Crippen LogP contribution in [0.3, 0.4) is 0 Å². The molecule has 0 aromatic carbocycles. The summed E-state index contributed by atoms with van der Waals surface area (Å²) in [7, 11) is 0. The van der Waals surface area contributed by atoms with E-state index in [0.29, 0.717) is 0 Å². The summed E-state index contributed by atoms with van der Waals surface area (Å²) in [5.41, 5.74) is 0. The topological polar surface area (TPSA) is 24.1 Å². The molecule has 0 spiro atoms. The van der Waals surface area contributed by atoms with Crippen molar-refractivity contribution in [1.29, 1.82) is 0 Å². The van der Waals surface area contributed by atoms with Gasteiger partial charge >= 0.3 is 0 Å². The normalized spacial score (nSPS) is 28.7. The van der Waals surface area contributed by atoms with Crippen LogP contribution in [0.15, 0.2) is 0 Å². The van der Waals surface area contributed by atoms with E-state index in [9.17, 15) is 0 Å². The van der Waals surface area contributed by atoms with Crippen LogP contribution in [-0.4, -0.2) is 25.7 Å². The van der Waals surface area contributed by atoms with Crippen LogP contribution in [0.2, 0.25) is 0 Å². The monoisotopic (exact) mass is 226 g/mol. The van der Waals surface area contributed by atoms with Crippen LogP contribution in [0.25, 0.3) is 0 Å². The zero-order chi connectivity index (χ0) is 11.8. The molecule has 2 nitrogen and oxygen atoms in total. The van der Waals surface area contributed by atoms with E-state index in [1.165, 1.54) is 38.6 Å². The quantitative estimate of drug-likeness (QED) is 0.681. The van der Waals surface area contributed by atoms with Gasteiger partial charge < -0.3 is 10.6 Å². The maximum Gasteiger partial charge on any atom is 0.00672 e. The Hall–Kier alpha value is -0.0800. The van der Waals surface area contributed by atoms with Crippen LogP contribution in [0.5, 0.6) is 0 Å². The summed E-state index contributed by atoms with van der Waals surface area (Å²) in [5.74, 6) is 1.70. The number of hydrogen-bond donors (Lipinski definition) is 2. The van der Waals surface area contributed by atoms with Gasteiger partial charge in [0.05, 0.1) is 0 Å². The fourth-order valence-corrected chi connectivity index (χ4v) is 2.52. The SMILES string of the molecule is CCNCC(C)CNC1CCCC(C)CC1. The maximum atomic E-state index is 3.75. The van der Waals surface area contributed by atoms with Crippen LogP contribution in [0.1, 0.15) is 52.9 Å². The fraction of sp³-hybridized carbons (Fsp3) is 1.00. The molecule has 0 aromatic rings. The highest BCUT2D eigenvalue weighted by molar-refractivity contribution is 4.74. The molecule has 1 fully saturated rings. The maximum absolute atomic E-state index is 3.75. The first-order valence-electron chi connectivity index (χ1n) is 7.16. The Morgan fingerprint density at radius 2 is 1.94 bits per heavy atom. The molecule has 96 valence electrons. The third-order valence-electron chi connectivity index (χ3n) is 3.76. The predicted octanol–water partition coefficient (Wildman–Crippen LogP) is 2.79. The van der Waals surface area contributed by atoms with Crippen molar-refractivity contribution < 1.29 is 0 Å². The summed E-state index contributed by atoms with van der Waals surface area (Å²) in [6.45, 7) is 10.3. The molecule has 3 unspecified atom stereocenters. The van der Waals surface area contributed by atoms with E-state index in [0.717, 1.165) is 31.0 Å². The zero-order valence-corrected chi connectivity index (χ0v) is 11.4. The Bertz CT molecular complexity index is 170. The van der Waals surface area contributed by atoms with Crippen molar-refractivity contribution in [1.82, 2.24) is 10.6 Å². The molecule has 1 saturated carbocycles. The Balaban J connectivity index is 2.11. The van der Waals surface area contributed by atoms with Crippen LogP contribution >= 0.6 is 0 Å². The average Bonchev–Trinajstić information content (AvgIpc) is 2.48. The smallest absolute Gasteiger partial charge is 0.00672 e. The molecule has 3 atom stereocenters. The first-order valence-corrected chi connectivity index (χ1v) is 7.16. The highest BCUT2D eigenvalue weighted by Gasteiger charge is 2.16. The van der Waals surface area contributed by atoms with Gasteiger partial charge in [0.25, 0.3) is 0 Å². The molecule has 0 amide bonds. The van der Waals surface area contributed by atoms with E-state index < -0.39 is 0 Å². The van der Waals surface area contributed by atoms with Crippen LogP contribution < -0.4 is 10.6 Å². The lowest BCUT2D eigenvalue weighted by Gasteiger charge is -2.20. The lowest BCUT2D eigenvalue weighted by Crippen LogP contribution is -2.35. The van der Waals surface area contributed by atoms with Gasteiger partial charge in [0.15, 0.2) is 0 Å². The molecule has 1 rings (SSSR count). The Kier molecular flexibility index (Phi) is 7.06. The van der Waals surface area contributed by atoms with Gasteiger partial charge in [-0.2, -0.15) is 0 Å². The molecule has 0 aromatic heterocycles. The van der Waals surface area contributed by atoms with Crippen LogP contribution in [0.4, 0.5) is 0 Å². The summed E-state index contributed by atoms with van der Waals surface area (Å²) in [5, 5.41) is 7.17. The summed E-state index contributed by atoms with van der Waals surface area (Å²) >= 11 is 0. The Labute approximate surface area is 102 Å². The van der Waals surface area contributed by atoms with E-state index in [4.69, 9.17) is 0 Å². The molecule has 0 aliphatic heterocycles. The first-order chi connectivity index (χ1) is 7.72. The zero-order valence-electron chi connectivity index (χ0n) is 11.4. The molecule has 0 saturated heterocycles. The van der Waals surface area contributed by atoms with Crippen molar-refractivity contribution in [3.63, 3.8) is 0 Å². The summed E-state index contributed by atoms with van der Waals surface area (Å²) in [6, 6.07) is 0.786. The second-order valence-electron chi connectivity index (χ2n) is 5.63. The molecule has 0 heterocycles. The van der Waals surface area contributed by atoms with Gasteiger partial charge in [0.2, 0.25) is 0 Å². The van der Waals surface area contributed by atoms with E-state index in [-0.39, 0.29) is 0 Å². The van der Waals surface area contributed by atoms with Gasteiger partial charge in [0.1, 0.15) is 0 Å². The Morgan fingerprint density at radius 1 is 1.12 bits per heavy atom. The molecule has 16 heavy (non-hydrogen) atoms. The largest absolute Gasteiger partial charge is 0.317 e. The van der Waals surface area contributed by atoms with E-state index >= 15 is 0 Å². The van der Waals surface area contributed by atoms with E-state index in [2.05, 4.69) is 31.4 Å². The van der Waals surface area contributed by atoms with Gasteiger partial charge in [-0.05, 0) is 50.7 Å². The van der Waals surface area contributed by atoms with Crippen LogP contribution in [-0.2, 0) is 0 Å². The van der Waals surface area contributed by atoms with Gasteiger partial charge in [-0.1, -0.05) is 33.6 Å². The van der Waals surface area contributed by atoms with Gasteiger partial charge in [-0.15, -0.1) is 0 Å². The molecule has 1 aliphatic rings. The van der Waals surface area contributed by atoms with E-state index in [1.54, 1.807) is 0 Å². The number of rotatable bonds is 6. The lowest BCUT2D eigenvalue weighted by molar-refractivity contribution is 0.399. The predicted molar refractivity (Wildman–Crippen MR) is 71.7 cm³/mol. The minimum Gasteiger partial charge on any atom is -0.317 e. The molecule has 1 aliphatic carbocycles. The van der Waals surface area contributed by atoms with Crippen molar-refractivity contribution in [2.75, 3.05) is 19.6 Å². The molecular formula is C14H30N2. The summed E-state index contributed by atoms with van der Waals surface area (Å²) < 4.78 is 0. The minimum absolute atomic E-state index is 0.751. The van der Waals surface area contributed by atoms with Crippen molar-refractivity contribution in [3.05, 3.63) is 0 Å². The average molecular weight is 226 g/mol.